The number of aromatic nitrogens is 1. The fourth-order valence-electron chi connectivity index (χ4n) is 4.69. The van der Waals surface area contributed by atoms with E-state index in [1.54, 1.807) is 26.0 Å². The highest BCUT2D eigenvalue weighted by atomic mass is 35.5. The molecule has 5 rings (SSSR count). The van der Waals surface area contributed by atoms with Crippen molar-refractivity contribution in [1.82, 2.24) is 20.5 Å². The highest BCUT2D eigenvalue weighted by Gasteiger charge is 2.40. The topological polar surface area (TPSA) is 130 Å². The van der Waals surface area contributed by atoms with Crippen molar-refractivity contribution in [3.8, 4) is 5.75 Å². The van der Waals surface area contributed by atoms with E-state index in [1.165, 1.54) is 28.4 Å². The Hall–Kier alpha value is -3.77. The van der Waals surface area contributed by atoms with Gasteiger partial charge in [-0.3, -0.25) is 19.7 Å². The van der Waals surface area contributed by atoms with Crippen LogP contribution in [0, 0.1) is 5.82 Å². The van der Waals surface area contributed by atoms with E-state index >= 15 is 4.39 Å². The summed E-state index contributed by atoms with van der Waals surface area (Å²) in [4.78, 5) is 55.4. The Balaban J connectivity index is 1.32. The Morgan fingerprint density at radius 2 is 2.08 bits per heavy atom. The predicted molar refractivity (Wildman–Crippen MR) is 143 cm³/mol. The fraction of sp³-hybridized carbons (Fsp3) is 0.346. The van der Waals surface area contributed by atoms with Crippen molar-refractivity contribution in [1.29, 1.82) is 0 Å². The molecule has 1 unspecified atom stereocenters. The van der Waals surface area contributed by atoms with Crippen LogP contribution in [0.5, 0.6) is 5.75 Å². The molecule has 3 N–H and O–H groups in total. The summed E-state index contributed by atoms with van der Waals surface area (Å²) in [5, 5.41) is 8.65. The van der Waals surface area contributed by atoms with Crippen LogP contribution in [-0.4, -0.2) is 46.3 Å². The Morgan fingerprint density at radius 1 is 1.31 bits per heavy atom. The first-order chi connectivity index (χ1) is 18.5. The summed E-state index contributed by atoms with van der Waals surface area (Å²) in [6, 6.07) is 4.64. The molecule has 10 nitrogen and oxygen atoms in total. The zero-order valence-corrected chi connectivity index (χ0v) is 22.9. The largest absolute Gasteiger partial charge is 0.492 e. The Kier molecular flexibility index (Phi) is 6.93. The van der Waals surface area contributed by atoms with Crippen LogP contribution < -0.4 is 20.7 Å². The van der Waals surface area contributed by atoms with Crippen LogP contribution in [0.2, 0.25) is 5.02 Å². The summed E-state index contributed by atoms with van der Waals surface area (Å²) in [6.07, 6.45) is 0.259. The Bertz CT molecular complexity index is 1540. The number of urea groups is 1. The van der Waals surface area contributed by atoms with Crippen LogP contribution in [0.3, 0.4) is 0 Å². The number of thiazole rings is 1. The van der Waals surface area contributed by atoms with Gasteiger partial charge >= 0.3 is 6.03 Å². The first-order valence-electron chi connectivity index (χ1n) is 12.3. The molecule has 2 aliphatic heterocycles. The average Bonchev–Trinajstić information content (AvgIpc) is 3.43. The summed E-state index contributed by atoms with van der Waals surface area (Å²) in [5.74, 6) is -1.71. The van der Waals surface area contributed by atoms with Crippen LogP contribution in [-0.2, 0) is 21.7 Å². The van der Waals surface area contributed by atoms with Gasteiger partial charge in [0.2, 0.25) is 11.8 Å². The summed E-state index contributed by atoms with van der Waals surface area (Å²) < 4.78 is 21.9. The van der Waals surface area contributed by atoms with Crippen molar-refractivity contribution in [3.63, 3.8) is 0 Å². The molecule has 13 heteroatoms. The molecule has 0 radical (unpaired) electrons. The SMILES string of the molecule is CCOc1cc(Cl)cc2sc(C(C)(C)NC(=O)Nc3ccc4c(c3F)CN(C3CCC(=O)NC3=O)C4=O)nc12. The lowest BCUT2D eigenvalue weighted by Gasteiger charge is -2.29. The molecular formula is C26H25ClFN5O5S. The second-order valence-electron chi connectivity index (χ2n) is 9.76. The van der Waals surface area contributed by atoms with Gasteiger partial charge in [-0.2, -0.15) is 0 Å². The number of carbonyl (C=O) groups is 4. The van der Waals surface area contributed by atoms with E-state index in [0.717, 1.165) is 4.70 Å². The number of piperidine rings is 1. The molecule has 1 saturated heterocycles. The third-order valence-corrected chi connectivity index (χ3v) is 8.13. The van der Waals surface area contributed by atoms with Crippen LogP contribution in [0.4, 0.5) is 14.9 Å². The van der Waals surface area contributed by atoms with Gasteiger partial charge in [0, 0.05) is 28.6 Å². The molecule has 3 aromatic rings. The molecule has 0 saturated carbocycles. The average molecular weight is 574 g/mol. The van der Waals surface area contributed by atoms with Crippen LogP contribution in [0.1, 0.15) is 54.5 Å². The van der Waals surface area contributed by atoms with Gasteiger partial charge in [0.15, 0.2) is 5.82 Å². The van der Waals surface area contributed by atoms with Gasteiger partial charge in [-0.05, 0) is 45.4 Å². The molecule has 1 atom stereocenters. The summed E-state index contributed by atoms with van der Waals surface area (Å²) >= 11 is 7.57. The molecule has 0 bridgehead atoms. The quantitative estimate of drug-likeness (QED) is 0.377. The number of anilines is 1. The molecule has 2 aliphatic rings. The number of ether oxygens (including phenoxy) is 1. The maximum absolute atomic E-state index is 15.4. The number of rotatable bonds is 6. The van der Waals surface area contributed by atoms with E-state index in [1.807, 2.05) is 6.92 Å². The standard InChI is InChI=1S/C26H25ClFN5O5S/c1-4-38-17-9-12(27)10-18-21(17)31-24(39-18)26(2,3)32-25(37)29-15-6-5-13-14(20(15)28)11-33(23(13)36)16-7-8-19(34)30-22(16)35/h5-6,9-10,16H,4,7-8,11H2,1-3H3,(H2,29,32,37)(H,30,34,35). The van der Waals surface area contributed by atoms with E-state index in [4.69, 9.17) is 16.3 Å². The molecule has 0 spiro atoms. The minimum atomic E-state index is -0.935. The number of benzene rings is 2. The first-order valence-corrected chi connectivity index (χ1v) is 13.5. The third kappa shape index (κ3) is 5.01. The van der Waals surface area contributed by atoms with E-state index in [-0.39, 0.29) is 36.2 Å². The zero-order valence-electron chi connectivity index (χ0n) is 21.3. The lowest BCUT2D eigenvalue weighted by molar-refractivity contribution is -0.136. The molecule has 0 aliphatic carbocycles. The normalized spacial score (nSPS) is 17.3. The number of nitrogens with zero attached hydrogens (tertiary/aromatic N) is 2. The Labute approximate surface area is 231 Å². The minimum absolute atomic E-state index is 0.0771. The lowest BCUT2D eigenvalue weighted by atomic mass is 10.0. The van der Waals surface area contributed by atoms with Gasteiger partial charge in [0.25, 0.3) is 5.91 Å². The summed E-state index contributed by atoms with van der Waals surface area (Å²) in [5.41, 5.74) is -0.230. The van der Waals surface area contributed by atoms with E-state index in [9.17, 15) is 19.2 Å². The predicted octanol–water partition coefficient (Wildman–Crippen LogP) is 4.31. The summed E-state index contributed by atoms with van der Waals surface area (Å²) in [7, 11) is 0. The van der Waals surface area contributed by atoms with E-state index < -0.39 is 41.2 Å². The molecule has 1 aromatic heterocycles. The number of fused-ring (bicyclic) bond motifs is 2. The lowest BCUT2D eigenvalue weighted by Crippen LogP contribution is -2.52. The number of hydrogen-bond donors (Lipinski definition) is 3. The van der Waals surface area contributed by atoms with Gasteiger partial charge < -0.3 is 20.3 Å². The van der Waals surface area contributed by atoms with Crippen LogP contribution in [0.15, 0.2) is 24.3 Å². The molecule has 1 fully saturated rings. The number of imide groups is 1. The second-order valence-corrected chi connectivity index (χ2v) is 11.2. The van der Waals surface area contributed by atoms with Crippen molar-refractivity contribution in [2.24, 2.45) is 0 Å². The first kappa shape index (κ1) is 26.8. The second kappa shape index (κ2) is 10.1. The molecule has 39 heavy (non-hydrogen) atoms. The smallest absolute Gasteiger partial charge is 0.320 e. The van der Waals surface area contributed by atoms with Gasteiger partial charge in [0.05, 0.1) is 29.1 Å². The van der Waals surface area contributed by atoms with Gasteiger partial charge in [0.1, 0.15) is 22.3 Å². The van der Waals surface area contributed by atoms with E-state index in [0.29, 0.717) is 27.9 Å². The number of nitrogens with one attached hydrogen (secondary N) is 3. The fourth-order valence-corrected chi connectivity index (χ4v) is 6.04. The zero-order chi connectivity index (χ0) is 28.1. The molecule has 3 heterocycles. The molecule has 204 valence electrons. The van der Waals surface area contributed by atoms with E-state index in [2.05, 4.69) is 20.9 Å². The number of hydrogen-bond acceptors (Lipinski definition) is 7. The number of carbonyl (C=O) groups excluding carboxylic acids is 4. The van der Waals surface area contributed by atoms with Crippen molar-refractivity contribution in [2.75, 3.05) is 11.9 Å². The van der Waals surface area contributed by atoms with Crippen LogP contribution >= 0.6 is 22.9 Å². The Morgan fingerprint density at radius 3 is 2.79 bits per heavy atom. The van der Waals surface area contributed by atoms with Gasteiger partial charge in [-0.1, -0.05) is 11.6 Å². The molecule has 5 amide bonds. The maximum Gasteiger partial charge on any atom is 0.320 e. The van der Waals surface area contributed by atoms with Crippen molar-refractivity contribution in [2.45, 2.75) is 51.7 Å². The highest BCUT2D eigenvalue weighted by Crippen LogP contribution is 2.37. The van der Waals surface area contributed by atoms with Crippen molar-refractivity contribution < 1.29 is 28.3 Å². The van der Waals surface area contributed by atoms with Crippen LogP contribution in [0.25, 0.3) is 10.2 Å². The van der Waals surface area contributed by atoms with Gasteiger partial charge in [-0.15, -0.1) is 11.3 Å². The minimum Gasteiger partial charge on any atom is -0.492 e. The van der Waals surface area contributed by atoms with Crippen molar-refractivity contribution >= 4 is 62.6 Å². The molecular weight excluding hydrogens is 549 g/mol. The highest BCUT2D eigenvalue weighted by molar-refractivity contribution is 7.18. The monoisotopic (exact) mass is 573 g/mol. The third-order valence-electron chi connectivity index (χ3n) is 6.58. The summed E-state index contributed by atoms with van der Waals surface area (Å²) in [6.45, 7) is 5.68. The molecule has 2 aromatic carbocycles. The van der Waals surface area contributed by atoms with Gasteiger partial charge in [-0.25, -0.2) is 14.2 Å². The number of amides is 5. The number of halogens is 2. The maximum atomic E-state index is 15.4. The van der Waals surface area contributed by atoms with Crippen molar-refractivity contribution in [3.05, 3.63) is 51.2 Å².